The van der Waals surface area contributed by atoms with E-state index in [4.69, 9.17) is 9.72 Å². The van der Waals surface area contributed by atoms with Crippen LogP contribution in [-0.4, -0.2) is 17.1 Å². The molecular weight excluding hydrogens is 390 g/mol. The molecule has 2 aliphatic rings. The second-order valence-electron chi connectivity index (χ2n) is 9.73. The topological polar surface area (TPSA) is 39.2 Å². The van der Waals surface area contributed by atoms with E-state index < -0.39 is 0 Å². The number of esters is 1. The van der Waals surface area contributed by atoms with Crippen LogP contribution in [0.3, 0.4) is 0 Å². The first kappa shape index (κ1) is 23.8. The largest absolute Gasteiger partial charge is 0.462 e. The van der Waals surface area contributed by atoms with Crippen LogP contribution in [0.2, 0.25) is 0 Å². The van der Waals surface area contributed by atoms with Crippen molar-refractivity contribution in [1.29, 1.82) is 0 Å². The highest BCUT2D eigenvalue weighted by Crippen LogP contribution is 2.47. The number of carbonyl (C=O) groups excluding carboxylic acids is 1. The van der Waals surface area contributed by atoms with Gasteiger partial charge >= 0.3 is 5.97 Å². The number of carbonyl (C=O) groups is 1. The zero-order valence-corrected chi connectivity index (χ0v) is 20.2. The van der Waals surface area contributed by atoms with Crippen molar-refractivity contribution in [3.63, 3.8) is 0 Å². The molecule has 3 nitrogen and oxygen atoms in total. The molecule has 4 atom stereocenters. The predicted molar refractivity (Wildman–Crippen MR) is 126 cm³/mol. The summed E-state index contributed by atoms with van der Waals surface area (Å²) in [5, 5.41) is 1.35. The predicted octanol–water partition coefficient (Wildman–Crippen LogP) is 7.83. The van der Waals surface area contributed by atoms with Crippen molar-refractivity contribution in [3.05, 3.63) is 16.1 Å². The number of thiazole rings is 1. The Bertz CT molecular complexity index is 628. The highest BCUT2D eigenvalue weighted by molar-refractivity contribution is 7.11. The lowest BCUT2D eigenvalue weighted by molar-refractivity contribution is -0.152. The third-order valence-electron chi connectivity index (χ3n) is 7.32. The van der Waals surface area contributed by atoms with E-state index in [0.717, 1.165) is 43.9 Å². The van der Waals surface area contributed by atoms with Crippen LogP contribution >= 0.6 is 11.3 Å². The Morgan fingerprint density at radius 3 is 2.50 bits per heavy atom. The third-order valence-corrected chi connectivity index (χ3v) is 8.54. The molecule has 1 heterocycles. The van der Waals surface area contributed by atoms with E-state index in [1.54, 1.807) is 0 Å². The van der Waals surface area contributed by atoms with E-state index in [2.05, 4.69) is 20.0 Å². The second kappa shape index (κ2) is 12.8. The van der Waals surface area contributed by atoms with Gasteiger partial charge in [-0.05, 0) is 75.5 Å². The fourth-order valence-electron chi connectivity index (χ4n) is 5.48. The molecule has 0 N–H and O–H groups in total. The van der Waals surface area contributed by atoms with Crippen LogP contribution in [0.4, 0.5) is 0 Å². The fraction of sp³-hybridized carbons (Fsp3) is 0.846. The summed E-state index contributed by atoms with van der Waals surface area (Å²) in [4.78, 5) is 18.4. The summed E-state index contributed by atoms with van der Waals surface area (Å²) in [5.41, 5.74) is 0. The molecule has 170 valence electrons. The number of fused-ring (bicyclic) bond motifs is 1. The van der Waals surface area contributed by atoms with Crippen molar-refractivity contribution in [2.45, 2.75) is 129 Å². The Kier molecular flexibility index (Phi) is 10.2. The minimum atomic E-state index is 0.0411. The van der Waals surface area contributed by atoms with Gasteiger partial charge in [0.1, 0.15) is 6.10 Å². The molecule has 0 radical (unpaired) electrons. The van der Waals surface area contributed by atoms with Gasteiger partial charge in [0.25, 0.3) is 0 Å². The monoisotopic (exact) mass is 433 g/mol. The van der Waals surface area contributed by atoms with Gasteiger partial charge in [0, 0.05) is 17.5 Å². The molecule has 2 fully saturated rings. The number of hydrogen-bond donors (Lipinski definition) is 0. The molecule has 0 aromatic carbocycles. The van der Waals surface area contributed by atoms with E-state index in [1.807, 2.05) is 11.3 Å². The van der Waals surface area contributed by atoms with Gasteiger partial charge in [-0.25, -0.2) is 4.98 Å². The van der Waals surface area contributed by atoms with Gasteiger partial charge in [0.2, 0.25) is 0 Å². The maximum atomic E-state index is 12.2. The molecule has 0 saturated heterocycles. The molecule has 4 heteroatoms. The van der Waals surface area contributed by atoms with E-state index in [-0.39, 0.29) is 12.1 Å². The van der Waals surface area contributed by atoms with Crippen molar-refractivity contribution in [1.82, 2.24) is 4.98 Å². The molecular formula is C26H43NO2S. The van der Waals surface area contributed by atoms with Crippen LogP contribution in [0.25, 0.3) is 0 Å². The van der Waals surface area contributed by atoms with Crippen molar-refractivity contribution < 1.29 is 9.53 Å². The zero-order chi connectivity index (χ0) is 21.2. The molecule has 2 saturated carbocycles. The number of aryl methyl sites for hydroxylation is 1. The molecule has 0 aliphatic heterocycles. The highest BCUT2D eigenvalue weighted by Gasteiger charge is 2.37. The van der Waals surface area contributed by atoms with Crippen LogP contribution in [-0.2, 0) is 16.0 Å². The van der Waals surface area contributed by atoms with Gasteiger partial charge in [-0.3, -0.25) is 4.79 Å². The molecule has 30 heavy (non-hydrogen) atoms. The van der Waals surface area contributed by atoms with E-state index >= 15 is 0 Å². The molecule has 0 amide bonds. The smallest absolute Gasteiger partial charge is 0.306 e. The fourth-order valence-corrected chi connectivity index (χ4v) is 6.59. The minimum Gasteiger partial charge on any atom is -0.462 e. The summed E-state index contributed by atoms with van der Waals surface area (Å²) in [6, 6.07) is 0. The van der Waals surface area contributed by atoms with Gasteiger partial charge in [0.05, 0.1) is 5.01 Å². The maximum absolute atomic E-state index is 12.2. The summed E-state index contributed by atoms with van der Waals surface area (Å²) in [5.74, 6) is 2.33. The molecule has 1 aromatic rings. The quantitative estimate of drug-likeness (QED) is 0.249. The van der Waals surface area contributed by atoms with Crippen LogP contribution in [0.15, 0.2) is 6.20 Å². The van der Waals surface area contributed by atoms with Crippen LogP contribution in [0.5, 0.6) is 0 Å². The van der Waals surface area contributed by atoms with Crippen LogP contribution in [0.1, 0.15) is 126 Å². The normalized spacial score (nSPS) is 26.3. The van der Waals surface area contributed by atoms with E-state index in [0.29, 0.717) is 12.3 Å². The number of nitrogens with zero attached hydrogens (tertiary/aromatic N) is 1. The van der Waals surface area contributed by atoms with Crippen LogP contribution in [0, 0.1) is 11.8 Å². The SMILES string of the molecule is CCCCCCC(=O)OC1CCC2CC(c3cnc(CCCCCC)s3)CCC2C1. The molecule has 0 spiro atoms. The number of ether oxygens (including phenoxy) is 1. The Balaban J connectivity index is 1.39. The average Bonchev–Trinajstić information content (AvgIpc) is 3.23. The van der Waals surface area contributed by atoms with Gasteiger partial charge in [-0.2, -0.15) is 0 Å². The van der Waals surface area contributed by atoms with Gasteiger partial charge in [-0.15, -0.1) is 11.3 Å². The summed E-state index contributed by atoms with van der Waals surface area (Å²) < 4.78 is 5.84. The first-order valence-corrected chi connectivity index (χ1v) is 13.6. The van der Waals surface area contributed by atoms with E-state index in [1.165, 1.54) is 74.1 Å². The van der Waals surface area contributed by atoms with Crippen molar-refractivity contribution in [2.24, 2.45) is 11.8 Å². The number of rotatable bonds is 12. The maximum Gasteiger partial charge on any atom is 0.306 e. The number of aromatic nitrogens is 1. The Labute approximate surface area is 188 Å². The first-order valence-electron chi connectivity index (χ1n) is 12.8. The van der Waals surface area contributed by atoms with Gasteiger partial charge < -0.3 is 4.74 Å². The molecule has 0 bridgehead atoms. The number of hydrogen-bond acceptors (Lipinski definition) is 4. The standard InChI is InChI=1S/C26H43NO2S/c1-3-5-7-9-11-25-27-19-24(30-25)22-14-13-21-18-23(16-15-20(21)17-22)29-26(28)12-10-8-6-4-2/h19-23H,3-18H2,1-2H3. The highest BCUT2D eigenvalue weighted by atomic mass is 32.1. The second-order valence-corrected chi connectivity index (χ2v) is 10.9. The van der Waals surface area contributed by atoms with Gasteiger partial charge in [0.15, 0.2) is 0 Å². The minimum absolute atomic E-state index is 0.0411. The van der Waals surface area contributed by atoms with Crippen molar-refractivity contribution >= 4 is 17.3 Å². The van der Waals surface area contributed by atoms with Gasteiger partial charge in [-0.1, -0.05) is 52.4 Å². The molecule has 4 unspecified atom stereocenters. The van der Waals surface area contributed by atoms with Crippen LogP contribution < -0.4 is 0 Å². The average molecular weight is 434 g/mol. The summed E-state index contributed by atoms with van der Waals surface area (Å²) >= 11 is 1.98. The molecule has 3 rings (SSSR count). The lowest BCUT2D eigenvalue weighted by atomic mass is 9.66. The lowest BCUT2D eigenvalue weighted by Crippen LogP contribution is -2.34. The summed E-state index contributed by atoms with van der Waals surface area (Å²) in [6.07, 6.45) is 21.3. The van der Waals surface area contributed by atoms with Crippen molar-refractivity contribution in [3.8, 4) is 0 Å². The summed E-state index contributed by atoms with van der Waals surface area (Å²) in [7, 11) is 0. The molecule has 1 aromatic heterocycles. The summed E-state index contributed by atoms with van der Waals surface area (Å²) in [6.45, 7) is 4.47. The third kappa shape index (κ3) is 7.35. The molecule has 2 aliphatic carbocycles. The Morgan fingerprint density at radius 2 is 1.70 bits per heavy atom. The zero-order valence-electron chi connectivity index (χ0n) is 19.4. The Morgan fingerprint density at radius 1 is 0.967 bits per heavy atom. The Hall–Kier alpha value is -0.900. The first-order chi connectivity index (χ1) is 14.7. The van der Waals surface area contributed by atoms with Crippen molar-refractivity contribution in [2.75, 3.05) is 0 Å². The number of unbranched alkanes of at least 4 members (excludes halogenated alkanes) is 6. The lowest BCUT2D eigenvalue weighted by Gasteiger charge is -2.41. The van der Waals surface area contributed by atoms with E-state index in [9.17, 15) is 4.79 Å².